The summed E-state index contributed by atoms with van der Waals surface area (Å²) in [7, 11) is 0. The van der Waals surface area contributed by atoms with Crippen LogP contribution < -0.4 is 5.32 Å². The number of hydrogen-bond acceptors (Lipinski definition) is 5. The number of rotatable bonds is 5. The topological polar surface area (TPSA) is 87.5 Å². The Bertz CT molecular complexity index is 1010. The fraction of sp³-hybridized carbons (Fsp3) is 0.304. The number of nitrogens with one attached hydrogen (secondary N) is 1. The molecule has 2 N–H and O–H groups in total. The van der Waals surface area contributed by atoms with Crippen LogP contribution >= 0.6 is 0 Å². The van der Waals surface area contributed by atoms with Crippen LogP contribution in [0.1, 0.15) is 41.6 Å². The number of amides is 1. The van der Waals surface area contributed by atoms with Gasteiger partial charge >= 0.3 is 0 Å². The lowest BCUT2D eigenvalue weighted by molar-refractivity contribution is 0.0951. The zero-order valence-corrected chi connectivity index (χ0v) is 16.2. The smallest absolute Gasteiger partial charge is 0.251 e. The Morgan fingerprint density at radius 3 is 2.72 bits per heavy atom. The van der Waals surface area contributed by atoms with Crippen LogP contribution in [0.3, 0.4) is 0 Å². The van der Waals surface area contributed by atoms with Crippen molar-refractivity contribution in [3.63, 3.8) is 0 Å². The van der Waals surface area contributed by atoms with Crippen molar-refractivity contribution in [1.82, 2.24) is 15.3 Å². The molecule has 0 spiro atoms. The molecule has 0 atom stereocenters. The van der Waals surface area contributed by atoms with E-state index < -0.39 is 0 Å². The van der Waals surface area contributed by atoms with Gasteiger partial charge in [-0.2, -0.15) is 0 Å². The van der Waals surface area contributed by atoms with E-state index in [1.54, 1.807) is 18.3 Å². The van der Waals surface area contributed by atoms with Crippen LogP contribution in [0.5, 0.6) is 0 Å². The summed E-state index contributed by atoms with van der Waals surface area (Å²) in [6, 6.07) is 15.2. The minimum absolute atomic E-state index is 0.139. The lowest BCUT2D eigenvalue weighted by atomic mass is 9.88. The van der Waals surface area contributed by atoms with Gasteiger partial charge in [0.25, 0.3) is 5.91 Å². The van der Waals surface area contributed by atoms with Crippen LogP contribution in [0, 0.1) is 5.92 Å². The van der Waals surface area contributed by atoms with Gasteiger partial charge in [-0.05, 0) is 49.3 Å². The number of carbonyl (C=O) groups excluding carboxylic acids is 1. The average molecular weight is 388 g/mol. The number of aromatic nitrogens is 2. The molecule has 29 heavy (non-hydrogen) atoms. The highest BCUT2D eigenvalue weighted by molar-refractivity contribution is 5.97. The fourth-order valence-electron chi connectivity index (χ4n) is 3.52. The van der Waals surface area contributed by atoms with Crippen LogP contribution in [0.4, 0.5) is 5.95 Å². The summed E-state index contributed by atoms with van der Waals surface area (Å²) in [6.07, 6.45) is 6.94. The number of nitrogens with zero attached hydrogens (tertiary/aromatic N) is 3. The molecule has 0 bridgehead atoms. The first-order valence-corrected chi connectivity index (χ1v) is 9.98. The maximum Gasteiger partial charge on any atom is 0.251 e. The number of fused-ring (bicyclic) bond motifs is 1. The Balaban J connectivity index is 1.45. The van der Waals surface area contributed by atoms with E-state index in [2.05, 4.69) is 20.3 Å². The van der Waals surface area contributed by atoms with E-state index in [1.807, 2.05) is 42.6 Å². The summed E-state index contributed by atoms with van der Waals surface area (Å²) in [5.41, 5.74) is 2.30. The van der Waals surface area contributed by atoms with Crippen LogP contribution in [0.15, 0.2) is 59.7 Å². The van der Waals surface area contributed by atoms with E-state index in [1.165, 1.54) is 0 Å². The highest BCUT2D eigenvalue weighted by Crippen LogP contribution is 2.23. The molecule has 1 saturated carbocycles. The number of aliphatic imine (C=N–C) groups is 1. The summed E-state index contributed by atoms with van der Waals surface area (Å²) in [5, 5.41) is 13.4. The third-order valence-electron chi connectivity index (χ3n) is 5.27. The van der Waals surface area contributed by atoms with Crippen LogP contribution in [0.25, 0.3) is 10.9 Å². The molecule has 1 aromatic heterocycles. The average Bonchev–Trinajstić information content (AvgIpc) is 2.77. The second-order valence-corrected chi connectivity index (χ2v) is 7.46. The van der Waals surface area contributed by atoms with Crippen molar-refractivity contribution in [2.45, 2.75) is 38.3 Å². The van der Waals surface area contributed by atoms with E-state index in [0.29, 0.717) is 29.5 Å². The molecule has 4 rings (SSSR count). The first kappa shape index (κ1) is 19.2. The molecule has 2 aromatic carbocycles. The van der Waals surface area contributed by atoms with Crippen molar-refractivity contribution in [2.24, 2.45) is 10.9 Å². The van der Waals surface area contributed by atoms with Gasteiger partial charge in [-0.3, -0.25) is 4.79 Å². The zero-order chi connectivity index (χ0) is 20.1. The SMILES string of the molecule is O=C(NCc1ccccc1)c1ccc2cnc(/N=C/C3CCC(O)CC3)nc2c1. The monoisotopic (exact) mass is 388 g/mol. The molecule has 6 heteroatoms. The number of carbonyl (C=O) groups is 1. The Kier molecular flexibility index (Phi) is 5.91. The normalized spacial score (nSPS) is 19.5. The Morgan fingerprint density at radius 2 is 1.93 bits per heavy atom. The third kappa shape index (κ3) is 5.03. The second kappa shape index (κ2) is 8.92. The molecule has 0 aliphatic heterocycles. The molecule has 1 fully saturated rings. The zero-order valence-electron chi connectivity index (χ0n) is 16.2. The first-order chi connectivity index (χ1) is 14.2. The van der Waals surface area contributed by atoms with Gasteiger partial charge in [-0.15, -0.1) is 0 Å². The lowest BCUT2D eigenvalue weighted by Crippen LogP contribution is -2.22. The minimum atomic E-state index is -0.178. The predicted octanol–water partition coefficient (Wildman–Crippen LogP) is 3.81. The summed E-state index contributed by atoms with van der Waals surface area (Å²) in [4.78, 5) is 25.7. The van der Waals surface area contributed by atoms with Crippen molar-refractivity contribution < 1.29 is 9.90 Å². The van der Waals surface area contributed by atoms with Crippen LogP contribution in [0.2, 0.25) is 0 Å². The molecule has 3 aromatic rings. The summed E-state index contributed by atoms with van der Waals surface area (Å²) >= 11 is 0. The number of hydrogen-bond donors (Lipinski definition) is 2. The van der Waals surface area contributed by atoms with Gasteiger partial charge in [-0.1, -0.05) is 36.4 Å². The molecular formula is C23H24N4O2. The molecular weight excluding hydrogens is 364 g/mol. The largest absolute Gasteiger partial charge is 0.393 e. The maximum absolute atomic E-state index is 12.5. The van der Waals surface area contributed by atoms with E-state index >= 15 is 0 Å². The van der Waals surface area contributed by atoms with Crippen molar-refractivity contribution in [3.8, 4) is 0 Å². The van der Waals surface area contributed by atoms with E-state index in [-0.39, 0.29) is 12.0 Å². The fourth-order valence-corrected chi connectivity index (χ4v) is 3.52. The summed E-state index contributed by atoms with van der Waals surface area (Å²) in [6.45, 7) is 0.479. The molecule has 1 amide bonds. The molecule has 148 valence electrons. The minimum Gasteiger partial charge on any atom is -0.393 e. The number of aliphatic hydroxyl groups is 1. The van der Waals surface area contributed by atoms with Gasteiger partial charge in [0.1, 0.15) is 0 Å². The Labute approximate surface area is 169 Å². The van der Waals surface area contributed by atoms with Crippen molar-refractivity contribution >= 4 is 29.0 Å². The van der Waals surface area contributed by atoms with Crippen molar-refractivity contribution in [3.05, 3.63) is 65.9 Å². The molecule has 6 nitrogen and oxygen atoms in total. The Hall–Kier alpha value is -3.12. The Morgan fingerprint density at radius 1 is 1.14 bits per heavy atom. The lowest BCUT2D eigenvalue weighted by Gasteiger charge is -2.21. The highest BCUT2D eigenvalue weighted by Gasteiger charge is 2.17. The van der Waals surface area contributed by atoms with Crippen molar-refractivity contribution in [1.29, 1.82) is 0 Å². The molecule has 0 unspecified atom stereocenters. The third-order valence-corrected chi connectivity index (χ3v) is 5.27. The van der Waals surface area contributed by atoms with Gasteiger partial charge < -0.3 is 10.4 Å². The number of benzene rings is 2. The molecule has 1 aliphatic rings. The van der Waals surface area contributed by atoms with Gasteiger partial charge in [0, 0.05) is 29.9 Å². The summed E-state index contributed by atoms with van der Waals surface area (Å²) in [5.74, 6) is 0.610. The van der Waals surface area contributed by atoms with Gasteiger partial charge in [0.2, 0.25) is 5.95 Å². The first-order valence-electron chi connectivity index (χ1n) is 9.98. The van der Waals surface area contributed by atoms with E-state index in [9.17, 15) is 9.90 Å². The van der Waals surface area contributed by atoms with Crippen LogP contribution in [-0.2, 0) is 6.54 Å². The van der Waals surface area contributed by atoms with Gasteiger partial charge in [0.15, 0.2) is 0 Å². The van der Waals surface area contributed by atoms with E-state index in [4.69, 9.17) is 0 Å². The molecule has 1 heterocycles. The van der Waals surface area contributed by atoms with Gasteiger partial charge in [-0.25, -0.2) is 15.0 Å². The quantitative estimate of drug-likeness (QED) is 0.651. The second-order valence-electron chi connectivity index (χ2n) is 7.46. The summed E-state index contributed by atoms with van der Waals surface area (Å²) < 4.78 is 0. The molecule has 0 radical (unpaired) electrons. The van der Waals surface area contributed by atoms with Crippen molar-refractivity contribution in [2.75, 3.05) is 0 Å². The van der Waals surface area contributed by atoms with Gasteiger partial charge in [0.05, 0.1) is 11.6 Å². The predicted molar refractivity (Wildman–Crippen MR) is 113 cm³/mol. The number of aliphatic hydroxyl groups excluding tert-OH is 1. The highest BCUT2D eigenvalue weighted by atomic mass is 16.3. The van der Waals surface area contributed by atoms with Crippen LogP contribution in [-0.4, -0.2) is 33.3 Å². The standard InChI is InChI=1S/C23H24N4O2/c28-20-10-6-17(7-11-20)14-25-23-26-15-19-9-8-18(12-21(19)27-23)22(29)24-13-16-4-2-1-3-5-16/h1-5,8-9,12,14-15,17,20,28H,6-7,10-11,13H2,(H,24,29)/b25-14+. The maximum atomic E-state index is 12.5. The molecule has 0 saturated heterocycles. The van der Waals surface area contributed by atoms with E-state index in [0.717, 1.165) is 36.6 Å². The molecule has 1 aliphatic carbocycles.